The number of anilines is 1. The van der Waals surface area contributed by atoms with Gasteiger partial charge in [0.05, 0.1) is 0 Å². The number of hydrogen-bond acceptors (Lipinski definition) is 1. The number of amides is 1. The molecule has 0 aromatic heterocycles. The fourth-order valence-corrected chi connectivity index (χ4v) is 1.20. The molecule has 1 amide bonds. The summed E-state index contributed by atoms with van der Waals surface area (Å²) >= 11 is 0. The average Bonchev–Trinajstić information content (AvgIpc) is 2.15. The molecular weight excluding hydrogens is 219 g/mol. The SMILES string of the molecule is Cc1ccc(N(C)C(=O)CC(F)(F)F)cc1. The van der Waals surface area contributed by atoms with E-state index in [0.29, 0.717) is 5.69 Å². The molecule has 0 fully saturated rings. The van der Waals surface area contributed by atoms with Crippen molar-refractivity contribution in [3.8, 4) is 0 Å². The first-order chi connectivity index (χ1) is 7.29. The number of aryl methyl sites for hydroxylation is 1. The van der Waals surface area contributed by atoms with Crippen molar-refractivity contribution >= 4 is 11.6 Å². The summed E-state index contributed by atoms with van der Waals surface area (Å²) in [5.74, 6) is -0.962. The lowest BCUT2D eigenvalue weighted by atomic mass is 10.2. The summed E-state index contributed by atoms with van der Waals surface area (Å²) < 4.78 is 36.0. The van der Waals surface area contributed by atoms with Gasteiger partial charge < -0.3 is 4.90 Å². The molecule has 1 aromatic carbocycles. The van der Waals surface area contributed by atoms with E-state index < -0.39 is 18.5 Å². The zero-order valence-electron chi connectivity index (χ0n) is 9.01. The minimum absolute atomic E-state index is 0.458. The summed E-state index contributed by atoms with van der Waals surface area (Å²) in [6, 6.07) is 6.71. The quantitative estimate of drug-likeness (QED) is 0.766. The Morgan fingerprint density at radius 1 is 1.25 bits per heavy atom. The van der Waals surface area contributed by atoms with Crippen molar-refractivity contribution in [3.05, 3.63) is 29.8 Å². The third kappa shape index (κ3) is 3.56. The van der Waals surface area contributed by atoms with Gasteiger partial charge in [0.25, 0.3) is 0 Å². The highest BCUT2D eigenvalue weighted by Gasteiger charge is 2.32. The number of carbonyl (C=O) groups excluding carboxylic acids is 1. The lowest BCUT2D eigenvalue weighted by Crippen LogP contribution is -2.30. The minimum Gasteiger partial charge on any atom is -0.315 e. The highest BCUT2D eigenvalue weighted by molar-refractivity contribution is 5.93. The first kappa shape index (κ1) is 12.5. The minimum atomic E-state index is -4.46. The molecule has 0 aliphatic heterocycles. The van der Waals surface area contributed by atoms with E-state index in [1.54, 1.807) is 24.3 Å². The van der Waals surface area contributed by atoms with Gasteiger partial charge in [-0.1, -0.05) is 17.7 Å². The van der Waals surface area contributed by atoms with E-state index in [-0.39, 0.29) is 0 Å². The highest BCUT2D eigenvalue weighted by atomic mass is 19.4. The van der Waals surface area contributed by atoms with E-state index in [1.807, 2.05) is 6.92 Å². The Morgan fingerprint density at radius 2 is 1.75 bits per heavy atom. The molecule has 88 valence electrons. The second-order valence-electron chi connectivity index (χ2n) is 3.58. The summed E-state index contributed by atoms with van der Waals surface area (Å²) in [5.41, 5.74) is 1.44. The van der Waals surface area contributed by atoms with Crippen LogP contribution in [-0.4, -0.2) is 19.1 Å². The van der Waals surface area contributed by atoms with Crippen LogP contribution in [0.3, 0.4) is 0 Å². The van der Waals surface area contributed by atoms with Crippen molar-refractivity contribution in [2.75, 3.05) is 11.9 Å². The van der Waals surface area contributed by atoms with E-state index >= 15 is 0 Å². The van der Waals surface area contributed by atoms with Crippen molar-refractivity contribution in [1.82, 2.24) is 0 Å². The van der Waals surface area contributed by atoms with Crippen LogP contribution in [-0.2, 0) is 4.79 Å². The number of carbonyl (C=O) groups is 1. The monoisotopic (exact) mass is 231 g/mol. The molecule has 5 heteroatoms. The van der Waals surface area contributed by atoms with Crippen molar-refractivity contribution < 1.29 is 18.0 Å². The Morgan fingerprint density at radius 3 is 2.19 bits per heavy atom. The van der Waals surface area contributed by atoms with Crippen LogP contribution in [0.25, 0.3) is 0 Å². The number of hydrogen-bond donors (Lipinski definition) is 0. The highest BCUT2D eigenvalue weighted by Crippen LogP contribution is 2.22. The fourth-order valence-electron chi connectivity index (χ4n) is 1.20. The molecule has 0 aliphatic carbocycles. The average molecular weight is 231 g/mol. The van der Waals surface area contributed by atoms with Crippen molar-refractivity contribution in [2.24, 2.45) is 0 Å². The smallest absolute Gasteiger partial charge is 0.315 e. The Bertz CT molecular complexity index is 370. The van der Waals surface area contributed by atoms with Gasteiger partial charge in [-0.15, -0.1) is 0 Å². The van der Waals surface area contributed by atoms with Crippen molar-refractivity contribution in [2.45, 2.75) is 19.5 Å². The summed E-state index contributed by atoms with van der Waals surface area (Å²) in [6.45, 7) is 1.86. The fraction of sp³-hybridized carbons (Fsp3) is 0.364. The molecule has 0 unspecified atom stereocenters. The van der Waals surface area contributed by atoms with E-state index in [9.17, 15) is 18.0 Å². The van der Waals surface area contributed by atoms with Gasteiger partial charge in [0.2, 0.25) is 5.91 Å². The number of benzene rings is 1. The molecule has 2 nitrogen and oxygen atoms in total. The molecule has 0 radical (unpaired) electrons. The van der Waals surface area contributed by atoms with Crippen LogP contribution in [0.5, 0.6) is 0 Å². The maximum absolute atomic E-state index is 12.0. The molecule has 1 aromatic rings. The number of alkyl halides is 3. The summed E-state index contributed by atoms with van der Waals surface area (Å²) in [4.78, 5) is 12.3. The van der Waals surface area contributed by atoms with Gasteiger partial charge in [-0.2, -0.15) is 13.2 Å². The predicted molar refractivity (Wildman–Crippen MR) is 55.3 cm³/mol. The molecule has 0 spiro atoms. The van der Waals surface area contributed by atoms with Gasteiger partial charge in [0.1, 0.15) is 6.42 Å². The summed E-state index contributed by atoms with van der Waals surface area (Å²) in [6.07, 6.45) is -5.90. The molecule has 0 bridgehead atoms. The molecule has 0 atom stereocenters. The Hall–Kier alpha value is -1.52. The van der Waals surface area contributed by atoms with Crippen LogP contribution in [0, 0.1) is 6.92 Å². The topological polar surface area (TPSA) is 20.3 Å². The third-order valence-corrected chi connectivity index (χ3v) is 2.15. The van der Waals surface area contributed by atoms with Crippen LogP contribution in [0.4, 0.5) is 18.9 Å². The van der Waals surface area contributed by atoms with Crippen molar-refractivity contribution in [3.63, 3.8) is 0 Å². The Labute approximate surface area is 91.7 Å². The number of rotatable bonds is 2. The van der Waals surface area contributed by atoms with Crippen LogP contribution in [0.2, 0.25) is 0 Å². The molecule has 0 aliphatic rings. The lowest BCUT2D eigenvalue weighted by molar-refractivity contribution is -0.151. The van der Waals surface area contributed by atoms with Gasteiger partial charge >= 0.3 is 6.18 Å². The third-order valence-electron chi connectivity index (χ3n) is 2.15. The molecule has 16 heavy (non-hydrogen) atoms. The molecule has 0 saturated carbocycles. The summed E-state index contributed by atoms with van der Waals surface area (Å²) in [5, 5.41) is 0. The second kappa shape index (κ2) is 4.55. The van der Waals surface area contributed by atoms with E-state index in [0.717, 1.165) is 10.5 Å². The zero-order valence-corrected chi connectivity index (χ0v) is 9.01. The normalized spacial score (nSPS) is 11.3. The van der Waals surface area contributed by atoms with Crippen LogP contribution in [0.15, 0.2) is 24.3 Å². The number of nitrogens with zero attached hydrogens (tertiary/aromatic N) is 1. The van der Waals surface area contributed by atoms with E-state index in [4.69, 9.17) is 0 Å². The second-order valence-corrected chi connectivity index (χ2v) is 3.58. The van der Waals surface area contributed by atoms with Crippen LogP contribution in [0.1, 0.15) is 12.0 Å². The molecule has 0 N–H and O–H groups in total. The standard InChI is InChI=1S/C11H12F3NO/c1-8-3-5-9(6-4-8)15(2)10(16)7-11(12,13)14/h3-6H,7H2,1-2H3. The first-order valence-corrected chi connectivity index (χ1v) is 4.69. The largest absolute Gasteiger partial charge is 0.397 e. The van der Waals surface area contributed by atoms with Gasteiger partial charge in [-0.05, 0) is 19.1 Å². The first-order valence-electron chi connectivity index (χ1n) is 4.69. The maximum atomic E-state index is 12.0. The van der Waals surface area contributed by atoms with Crippen molar-refractivity contribution in [1.29, 1.82) is 0 Å². The predicted octanol–water partition coefficient (Wildman–Crippen LogP) is 2.91. The van der Waals surface area contributed by atoms with Gasteiger partial charge in [-0.3, -0.25) is 4.79 Å². The molecule has 1 rings (SSSR count). The Balaban J connectivity index is 2.74. The van der Waals surface area contributed by atoms with Crippen LogP contribution < -0.4 is 4.90 Å². The summed E-state index contributed by atoms with van der Waals surface area (Å²) in [7, 11) is 1.33. The lowest BCUT2D eigenvalue weighted by Gasteiger charge is -2.18. The number of halogens is 3. The molecule has 0 heterocycles. The molecular formula is C11H12F3NO. The van der Waals surface area contributed by atoms with Crippen LogP contribution >= 0.6 is 0 Å². The van der Waals surface area contributed by atoms with E-state index in [1.165, 1.54) is 7.05 Å². The van der Waals surface area contributed by atoms with Gasteiger partial charge in [0.15, 0.2) is 0 Å². The zero-order chi connectivity index (χ0) is 12.3. The van der Waals surface area contributed by atoms with Gasteiger partial charge in [0, 0.05) is 12.7 Å². The molecule has 0 saturated heterocycles. The maximum Gasteiger partial charge on any atom is 0.397 e. The van der Waals surface area contributed by atoms with Gasteiger partial charge in [-0.25, -0.2) is 0 Å². The van der Waals surface area contributed by atoms with E-state index in [2.05, 4.69) is 0 Å². The Kier molecular flexibility index (Phi) is 3.57.